The van der Waals surface area contributed by atoms with Crippen LogP contribution in [-0.4, -0.2) is 31.3 Å². The first-order chi connectivity index (χ1) is 6.68. The molecule has 0 radical (unpaired) electrons. The monoisotopic (exact) mass is 192 g/mol. The van der Waals surface area contributed by atoms with Crippen molar-refractivity contribution in [1.29, 1.82) is 0 Å². The molecule has 0 bridgehead atoms. The number of rotatable bonds is 2. The van der Waals surface area contributed by atoms with E-state index in [0.29, 0.717) is 5.65 Å². The maximum absolute atomic E-state index is 5.79. The molecule has 2 aromatic rings. The van der Waals surface area contributed by atoms with Gasteiger partial charge in [-0.3, -0.25) is 0 Å². The number of nitrogens with two attached hydrogens (primary N) is 1. The van der Waals surface area contributed by atoms with E-state index in [2.05, 4.69) is 20.6 Å². The smallest absolute Gasteiger partial charge is 0.199 e. The van der Waals surface area contributed by atoms with E-state index in [1.165, 1.54) is 4.63 Å². The van der Waals surface area contributed by atoms with E-state index < -0.39 is 0 Å². The average Bonchev–Trinajstić information content (AvgIpc) is 2.62. The van der Waals surface area contributed by atoms with Gasteiger partial charge in [0.1, 0.15) is 0 Å². The van der Waals surface area contributed by atoms with Crippen LogP contribution in [0.4, 0.5) is 0 Å². The third-order valence-electron chi connectivity index (χ3n) is 2.35. The summed E-state index contributed by atoms with van der Waals surface area (Å²) in [6, 6.07) is 3.80. The molecule has 2 atom stereocenters. The van der Waals surface area contributed by atoms with Crippen LogP contribution in [0.5, 0.6) is 0 Å². The molecule has 0 saturated carbocycles. The molecule has 0 aliphatic rings. The van der Waals surface area contributed by atoms with Gasteiger partial charge in [0.15, 0.2) is 5.65 Å². The van der Waals surface area contributed by atoms with E-state index in [-0.39, 0.29) is 12.0 Å². The standard InChI is InChI=1S/C8H12N6/c1-5(6(2)9)7-3-4-8-10-12-13-14(8)11-7/h3-6H,9H2,1-2H3. The highest BCUT2D eigenvalue weighted by molar-refractivity contribution is 5.33. The number of fused-ring (bicyclic) bond motifs is 1. The van der Waals surface area contributed by atoms with Gasteiger partial charge in [-0.1, -0.05) is 6.92 Å². The van der Waals surface area contributed by atoms with Crippen molar-refractivity contribution in [3.8, 4) is 0 Å². The van der Waals surface area contributed by atoms with Gasteiger partial charge in [0, 0.05) is 12.0 Å². The summed E-state index contributed by atoms with van der Waals surface area (Å²) in [5, 5.41) is 15.3. The van der Waals surface area contributed by atoms with Crippen molar-refractivity contribution in [2.75, 3.05) is 0 Å². The molecular formula is C8H12N6. The third kappa shape index (κ3) is 1.44. The molecule has 6 nitrogen and oxygen atoms in total. The SMILES string of the molecule is CC(N)C(C)c1ccc2nnnn2n1. The fraction of sp³-hybridized carbons (Fsp3) is 0.500. The molecule has 0 aliphatic carbocycles. The Labute approximate surface area is 81.1 Å². The summed E-state index contributed by atoms with van der Waals surface area (Å²) in [5.41, 5.74) is 7.33. The Kier molecular flexibility index (Phi) is 2.12. The highest BCUT2D eigenvalue weighted by Gasteiger charge is 2.12. The van der Waals surface area contributed by atoms with Crippen LogP contribution in [-0.2, 0) is 0 Å². The molecule has 0 spiro atoms. The van der Waals surface area contributed by atoms with E-state index in [0.717, 1.165) is 5.69 Å². The molecule has 0 fully saturated rings. The minimum atomic E-state index is 0.0661. The van der Waals surface area contributed by atoms with Crippen molar-refractivity contribution in [2.45, 2.75) is 25.8 Å². The Morgan fingerprint density at radius 2 is 2.14 bits per heavy atom. The summed E-state index contributed by atoms with van der Waals surface area (Å²) in [4.78, 5) is 0. The van der Waals surface area contributed by atoms with Gasteiger partial charge in [0.25, 0.3) is 0 Å². The summed E-state index contributed by atoms with van der Waals surface area (Å²) in [6.45, 7) is 3.99. The van der Waals surface area contributed by atoms with Crippen molar-refractivity contribution in [2.24, 2.45) is 5.73 Å². The second-order valence-corrected chi connectivity index (χ2v) is 3.43. The minimum Gasteiger partial charge on any atom is -0.327 e. The zero-order valence-corrected chi connectivity index (χ0v) is 8.12. The molecule has 2 unspecified atom stereocenters. The second kappa shape index (κ2) is 3.30. The molecule has 0 saturated heterocycles. The normalized spacial score (nSPS) is 15.6. The lowest BCUT2D eigenvalue weighted by atomic mass is 10.0. The first-order valence-corrected chi connectivity index (χ1v) is 4.49. The van der Waals surface area contributed by atoms with Crippen LogP contribution >= 0.6 is 0 Å². The number of hydrogen-bond donors (Lipinski definition) is 1. The summed E-state index contributed by atoms with van der Waals surface area (Å²) >= 11 is 0. The second-order valence-electron chi connectivity index (χ2n) is 3.43. The molecule has 14 heavy (non-hydrogen) atoms. The van der Waals surface area contributed by atoms with Gasteiger partial charge in [-0.05, 0) is 29.5 Å². The van der Waals surface area contributed by atoms with E-state index in [1.54, 1.807) is 0 Å². The fourth-order valence-electron chi connectivity index (χ4n) is 1.18. The molecule has 0 aliphatic heterocycles. The lowest BCUT2D eigenvalue weighted by Gasteiger charge is -2.13. The minimum absolute atomic E-state index is 0.0661. The van der Waals surface area contributed by atoms with Crippen LogP contribution in [0, 0.1) is 0 Å². The predicted octanol–water partition coefficient (Wildman–Crippen LogP) is -0.0300. The largest absolute Gasteiger partial charge is 0.327 e. The summed E-state index contributed by atoms with van der Waals surface area (Å²) in [7, 11) is 0. The van der Waals surface area contributed by atoms with Crippen LogP contribution < -0.4 is 5.73 Å². The van der Waals surface area contributed by atoms with E-state index in [1.807, 2.05) is 26.0 Å². The molecule has 2 aromatic heterocycles. The van der Waals surface area contributed by atoms with Gasteiger partial charge in [-0.15, -0.1) is 9.73 Å². The van der Waals surface area contributed by atoms with Crippen molar-refractivity contribution in [3.63, 3.8) is 0 Å². The fourth-order valence-corrected chi connectivity index (χ4v) is 1.18. The van der Waals surface area contributed by atoms with Crippen LogP contribution in [0.25, 0.3) is 5.65 Å². The van der Waals surface area contributed by atoms with Crippen molar-refractivity contribution in [1.82, 2.24) is 25.3 Å². The summed E-state index contributed by atoms with van der Waals surface area (Å²) in [5.74, 6) is 0.198. The van der Waals surface area contributed by atoms with Crippen LogP contribution in [0.1, 0.15) is 25.5 Å². The Bertz CT molecular complexity index is 434. The van der Waals surface area contributed by atoms with E-state index >= 15 is 0 Å². The lowest BCUT2D eigenvalue weighted by molar-refractivity contribution is 0.575. The zero-order valence-electron chi connectivity index (χ0n) is 8.12. The van der Waals surface area contributed by atoms with Gasteiger partial charge < -0.3 is 5.73 Å². The third-order valence-corrected chi connectivity index (χ3v) is 2.35. The Balaban J connectivity index is 2.43. The highest BCUT2D eigenvalue weighted by Crippen LogP contribution is 2.14. The van der Waals surface area contributed by atoms with Crippen LogP contribution in [0.15, 0.2) is 12.1 Å². The molecular weight excluding hydrogens is 180 g/mol. The number of tetrazole rings is 1. The summed E-state index contributed by atoms with van der Waals surface area (Å²) in [6.07, 6.45) is 0. The lowest BCUT2D eigenvalue weighted by Crippen LogP contribution is -2.23. The molecule has 74 valence electrons. The number of aromatic nitrogens is 5. The van der Waals surface area contributed by atoms with Crippen molar-refractivity contribution < 1.29 is 0 Å². The highest BCUT2D eigenvalue weighted by atomic mass is 15.6. The molecule has 0 amide bonds. The van der Waals surface area contributed by atoms with Gasteiger partial charge in [-0.2, -0.15) is 5.10 Å². The van der Waals surface area contributed by atoms with Gasteiger partial charge >= 0.3 is 0 Å². The van der Waals surface area contributed by atoms with Crippen molar-refractivity contribution >= 4 is 5.65 Å². The molecule has 2 heterocycles. The van der Waals surface area contributed by atoms with Gasteiger partial charge in [-0.25, -0.2) is 0 Å². The summed E-state index contributed by atoms with van der Waals surface area (Å²) < 4.78 is 1.41. The molecule has 6 heteroatoms. The van der Waals surface area contributed by atoms with E-state index in [9.17, 15) is 0 Å². The first kappa shape index (κ1) is 9.01. The van der Waals surface area contributed by atoms with Crippen LogP contribution in [0.2, 0.25) is 0 Å². The first-order valence-electron chi connectivity index (χ1n) is 4.49. The van der Waals surface area contributed by atoms with Gasteiger partial charge in [0.2, 0.25) is 0 Å². The Morgan fingerprint density at radius 1 is 1.36 bits per heavy atom. The topological polar surface area (TPSA) is 82.0 Å². The number of hydrogen-bond acceptors (Lipinski definition) is 5. The average molecular weight is 192 g/mol. The number of nitrogens with zero attached hydrogens (tertiary/aromatic N) is 5. The molecule has 2 N–H and O–H groups in total. The van der Waals surface area contributed by atoms with E-state index in [4.69, 9.17) is 5.73 Å². The maximum Gasteiger partial charge on any atom is 0.199 e. The molecule has 0 aromatic carbocycles. The van der Waals surface area contributed by atoms with Gasteiger partial charge in [0.05, 0.1) is 5.69 Å². The Morgan fingerprint density at radius 3 is 2.86 bits per heavy atom. The zero-order chi connectivity index (χ0) is 10.1. The van der Waals surface area contributed by atoms with Crippen molar-refractivity contribution in [3.05, 3.63) is 17.8 Å². The molecule has 2 rings (SSSR count). The predicted molar refractivity (Wildman–Crippen MR) is 50.6 cm³/mol. The van der Waals surface area contributed by atoms with Crippen LogP contribution in [0.3, 0.4) is 0 Å². The quantitative estimate of drug-likeness (QED) is 0.722. The Hall–Kier alpha value is -1.56. The maximum atomic E-state index is 5.79.